The van der Waals surface area contributed by atoms with Crippen LogP contribution in [0.2, 0.25) is 0 Å². The van der Waals surface area contributed by atoms with Crippen molar-refractivity contribution in [1.29, 1.82) is 0 Å². The van der Waals surface area contributed by atoms with Crippen LogP contribution in [0.15, 0.2) is 93.5 Å². The van der Waals surface area contributed by atoms with Crippen molar-refractivity contribution < 1.29 is 80.8 Å². The molecule has 30 nitrogen and oxygen atoms in total. The lowest BCUT2D eigenvalue weighted by Crippen LogP contribution is -2.38. The van der Waals surface area contributed by atoms with E-state index in [1.807, 2.05) is 43.1 Å². The van der Waals surface area contributed by atoms with Gasteiger partial charge in [0.05, 0.1) is 135 Å². The maximum Gasteiger partial charge on any atom is 0.410 e. The molecule has 6 rings (SSSR count). The number of carbonyl (C=O) groups excluding carboxylic acids is 3. The number of carboxylic acid groups (broad SMARTS) is 1. The standard InChI is InChI=1S/C72H103FN14O16S2/c1-7-28-93-31-33-95-35-37-97-39-41-99-43-44-100-42-40-98-38-36-96-34-32-94-30-25-79-47-56(84-76)50-103-72(92)86(6)48-54-46-55(80-67(88)60(78-4)17-10-24-77-3)22-21-53(54)49-102-71(91)85(5)26-11-14-52-20-23-61(58(73)45-52)101-29-13-19-63-64(68(89)90)82-70(105-63)87-27-12-15-57(66(87)75)51(2)65(74)83-69-81-59-16-8-9-18-62(59)104-69/h8-9,16,18,20-23,45-47,60,77-78H,7,10,12-13,15,17,19,24-44,48-50,74-76H2,1-6H3,(H,80,88)(H,81,83)(H,89,90)/b65-51+,79-47?,84-56?. The number of aromatic carboxylic acids is 1. The fourth-order valence-corrected chi connectivity index (χ4v) is 12.0. The number of benzene rings is 3. The highest BCUT2D eigenvalue weighted by atomic mass is 32.1. The molecular formula is C72H103FN14O16S2. The number of rotatable bonds is 51. The molecule has 3 aromatic carbocycles. The number of hydrazone groups is 1. The monoisotopic (exact) mass is 1500 g/mol. The molecule has 105 heavy (non-hydrogen) atoms. The van der Waals surface area contributed by atoms with Crippen molar-refractivity contribution >= 4 is 84.8 Å². The Balaban J connectivity index is 0.896. The van der Waals surface area contributed by atoms with Crippen molar-refractivity contribution in [2.45, 2.75) is 78.0 Å². The van der Waals surface area contributed by atoms with Crippen LogP contribution < -0.4 is 48.2 Å². The summed E-state index contributed by atoms with van der Waals surface area (Å²) in [5, 5.41) is 27.2. The molecule has 0 saturated carbocycles. The van der Waals surface area contributed by atoms with E-state index in [9.17, 15) is 24.3 Å². The average molecular weight is 1500 g/mol. The van der Waals surface area contributed by atoms with Gasteiger partial charge in [0.15, 0.2) is 27.5 Å². The van der Waals surface area contributed by atoms with Gasteiger partial charge in [-0.05, 0) is 137 Å². The number of fused-ring (bicyclic) bond motifs is 1. The number of nitrogens with one attached hydrogen (secondary N) is 4. The Kier molecular flexibility index (Phi) is 40.0. The first-order valence-corrected chi connectivity index (χ1v) is 36.6. The molecule has 0 fully saturated rings. The van der Waals surface area contributed by atoms with Crippen LogP contribution in [0.1, 0.15) is 84.4 Å². The molecule has 3 heterocycles. The van der Waals surface area contributed by atoms with Gasteiger partial charge in [-0.25, -0.2) is 28.7 Å². The number of nitrogens with two attached hydrogens (primary N) is 3. The first-order chi connectivity index (χ1) is 51.0. The number of aliphatic imine (C=N–C) groups is 1. The van der Waals surface area contributed by atoms with Gasteiger partial charge in [0.2, 0.25) is 5.91 Å². The molecular weight excluding hydrogens is 1400 g/mol. The van der Waals surface area contributed by atoms with Crippen molar-refractivity contribution in [2.24, 2.45) is 27.4 Å². The molecule has 0 spiro atoms. The number of carbonyl (C=O) groups is 4. The third kappa shape index (κ3) is 31.2. The van der Waals surface area contributed by atoms with Gasteiger partial charge in [0, 0.05) is 56.1 Å². The highest BCUT2D eigenvalue weighted by Crippen LogP contribution is 2.36. The van der Waals surface area contributed by atoms with Gasteiger partial charge in [0.25, 0.3) is 0 Å². The lowest BCUT2D eigenvalue weighted by atomic mass is 9.99. The quantitative estimate of drug-likeness (QED) is 0.00621. The lowest BCUT2D eigenvalue weighted by Gasteiger charge is -2.30. The maximum atomic E-state index is 15.4. The topological polar surface area (TPSA) is 376 Å². The van der Waals surface area contributed by atoms with Crippen LogP contribution in [-0.4, -0.2) is 240 Å². The van der Waals surface area contributed by atoms with Crippen LogP contribution in [0.4, 0.5) is 29.9 Å². The minimum atomic E-state index is -1.18. The van der Waals surface area contributed by atoms with E-state index < -0.39 is 30.0 Å². The summed E-state index contributed by atoms with van der Waals surface area (Å²) in [4.78, 5) is 70.8. The SMILES string of the molecule is CCCOCCOCCOCCOCCOCCOCCOCCOCCN=CC(COC(=O)N(C)Cc1cc(NC(=O)C(CCCNC)NC)ccc1COC(=O)N(C)CC#Cc1ccc(OCCCc2sc(N3CCCC(/C(C)=C(\N)Nc4nc5ccccc5s4)=C3N)nc2C(=O)O)c(F)c1)=NN. The third-order valence-electron chi connectivity index (χ3n) is 15.7. The van der Waals surface area contributed by atoms with E-state index in [2.05, 4.69) is 60.1 Å². The van der Waals surface area contributed by atoms with Crippen LogP contribution in [0, 0.1) is 17.7 Å². The first kappa shape index (κ1) is 85.3. The number of para-hydroxylation sites is 1. The molecule has 1 aliphatic rings. The molecule has 0 saturated heterocycles. The van der Waals surface area contributed by atoms with Gasteiger partial charge >= 0.3 is 18.2 Å². The Hall–Kier alpha value is -8.63. The van der Waals surface area contributed by atoms with Crippen molar-refractivity contribution in [3.63, 3.8) is 0 Å². The Morgan fingerprint density at radius 3 is 2.05 bits per heavy atom. The molecule has 0 radical (unpaired) electrons. The number of anilines is 3. The summed E-state index contributed by atoms with van der Waals surface area (Å²) < 4.78 is 77.5. The zero-order chi connectivity index (χ0) is 75.4. The summed E-state index contributed by atoms with van der Waals surface area (Å²) in [6, 6.07) is 16.6. The number of amides is 3. The van der Waals surface area contributed by atoms with Gasteiger partial charge in [-0.1, -0.05) is 48.3 Å². The number of aromatic nitrogens is 2. The van der Waals surface area contributed by atoms with Gasteiger partial charge in [-0.15, -0.1) is 11.3 Å². The normalized spacial score (nSPS) is 13.0. The number of thiazole rings is 2. The number of allylic oxidation sites excluding steroid dienone is 2. The number of aryl methyl sites for hydroxylation is 1. The van der Waals surface area contributed by atoms with E-state index in [4.69, 9.17) is 69.4 Å². The van der Waals surface area contributed by atoms with E-state index >= 15 is 4.39 Å². The largest absolute Gasteiger partial charge is 0.491 e. The molecule has 11 N–H and O–H groups in total. The fraction of sp³-hybridized carbons (Fsp3) is 0.528. The summed E-state index contributed by atoms with van der Waals surface area (Å²) >= 11 is 2.72. The summed E-state index contributed by atoms with van der Waals surface area (Å²) in [5.74, 6) is 10.1. The summed E-state index contributed by atoms with van der Waals surface area (Å²) in [5.41, 5.74) is 17.7. The molecule has 1 aliphatic heterocycles. The number of likely N-dealkylation sites (N-methyl/N-ethyl adjacent to an activating group) is 1. The van der Waals surface area contributed by atoms with E-state index in [0.29, 0.717) is 180 Å². The molecule has 0 bridgehead atoms. The van der Waals surface area contributed by atoms with Crippen LogP contribution in [0.3, 0.4) is 0 Å². The minimum absolute atomic E-state index is 0.0187. The number of carboxylic acids is 1. The molecule has 3 amide bonds. The predicted octanol–water partition coefficient (Wildman–Crippen LogP) is 7.32. The lowest BCUT2D eigenvalue weighted by molar-refractivity contribution is -0.118. The van der Waals surface area contributed by atoms with Gasteiger partial charge < -0.3 is 110 Å². The molecule has 576 valence electrons. The second-order valence-corrected chi connectivity index (χ2v) is 25.8. The van der Waals surface area contributed by atoms with Crippen LogP contribution >= 0.6 is 22.7 Å². The van der Waals surface area contributed by atoms with Gasteiger partial charge in [-0.3, -0.25) is 9.79 Å². The smallest absolute Gasteiger partial charge is 0.410 e. The summed E-state index contributed by atoms with van der Waals surface area (Å²) in [6.45, 7) is 12.5. The Bertz CT molecular complexity index is 3650. The van der Waals surface area contributed by atoms with E-state index in [1.54, 1.807) is 31.3 Å². The van der Waals surface area contributed by atoms with Crippen LogP contribution in [0.5, 0.6) is 5.75 Å². The van der Waals surface area contributed by atoms with E-state index in [0.717, 1.165) is 53.8 Å². The second kappa shape index (κ2) is 49.2. The number of ether oxygens (including phenoxy) is 11. The maximum absolute atomic E-state index is 15.4. The predicted molar refractivity (Wildman–Crippen MR) is 403 cm³/mol. The Morgan fingerprint density at radius 2 is 1.43 bits per heavy atom. The minimum Gasteiger partial charge on any atom is -0.491 e. The van der Waals surface area contributed by atoms with Crippen molar-refractivity contribution in [2.75, 3.05) is 189 Å². The number of halogens is 1. The molecule has 2 aromatic heterocycles. The van der Waals surface area contributed by atoms with Crippen molar-refractivity contribution in [1.82, 2.24) is 30.4 Å². The van der Waals surface area contributed by atoms with E-state index in [1.165, 1.54) is 64.9 Å². The number of hydrogen-bond donors (Lipinski definition) is 8. The zero-order valence-electron chi connectivity index (χ0n) is 61.0. The molecule has 0 aliphatic carbocycles. The Morgan fingerprint density at radius 1 is 0.781 bits per heavy atom. The first-order valence-electron chi connectivity index (χ1n) is 34.9. The summed E-state index contributed by atoms with van der Waals surface area (Å²) in [6.07, 6.45) is 4.32. The van der Waals surface area contributed by atoms with Crippen molar-refractivity contribution in [3.05, 3.63) is 117 Å². The second-order valence-electron chi connectivity index (χ2n) is 23.7. The molecule has 1 atom stereocenters. The molecule has 5 aromatic rings. The highest BCUT2D eigenvalue weighted by Gasteiger charge is 2.28. The van der Waals surface area contributed by atoms with E-state index in [-0.39, 0.29) is 62.5 Å². The average Bonchev–Trinajstić information content (AvgIpc) is 1.75. The van der Waals surface area contributed by atoms with Crippen LogP contribution in [0.25, 0.3) is 10.2 Å². The Labute approximate surface area is 621 Å². The van der Waals surface area contributed by atoms with Crippen LogP contribution in [-0.2, 0) is 71.7 Å². The third-order valence-corrected chi connectivity index (χ3v) is 17.8. The summed E-state index contributed by atoms with van der Waals surface area (Å²) in [7, 11) is 6.57. The molecule has 33 heteroatoms. The highest BCUT2D eigenvalue weighted by molar-refractivity contribution is 7.22. The molecule has 1 unspecified atom stereocenters. The van der Waals surface area contributed by atoms with Gasteiger partial charge in [-0.2, -0.15) is 5.10 Å². The van der Waals surface area contributed by atoms with Gasteiger partial charge in [0.1, 0.15) is 30.6 Å². The van der Waals surface area contributed by atoms with Crippen molar-refractivity contribution in [3.8, 4) is 17.6 Å². The fourth-order valence-electron chi connectivity index (χ4n) is 10.0. The number of nitrogens with zero attached hydrogens (tertiary/aromatic N) is 7. The number of hydrogen-bond acceptors (Lipinski definition) is 28. The zero-order valence-corrected chi connectivity index (χ0v) is 62.6.